The predicted octanol–water partition coefficient (Wildman–Crippen LogP) is 2.51. The van der Waals surface area contributed by atoms with Crippen molar-refractivity contribution in [3.05, 3.63) is 10.6 Å². The number of carbonyl (C=O) groups excluding carboxylic acids is 1. The number of hydrogen-bond donors (Lipinski definition) is 2. The summed E-state index contributed by atoms with van der Waals surface area (Å²) in [5.74, 6) is 2.45. The average Bonchev–Trinajstić information content (AvgIpc) is 2.93. The van der Waals surface area contributed by atoms with Crippen molar-refractivity contribution in [2.45, 2.75) is 52.1 Å². The van der Waals surface area contributed by atoms with Gasteiger partial charge in [-0.3, -0.25) is 4.79 Å². The lowest BCUT2D eigenvalue weighted by molar-refractivity contribution is -0.142. The minimum atomic E-state index is -0.530. The van der Waals surface area contributed by atoms with Crippen molar-refractivity contribution in [3.63, 3.8) is 0 Å². The van der Waals surface area contributed by atoms with E-state index in [1.807, 2.05) is 6.92 Å². The third-order valence-electron chi connectivity index (χ3n) is 6.68. The zero-order chi connectivity index (χ0) is 19.2. The molecule has 0 bridgehead atoms. The van der Waals surface area contributed by atoms with Crippen molar-refractivity contribution >= 4 is 22.4 Å². The third kappa shape index (κ3) is 3.01. The quantitative estimate of drug-likeness (QED) is 0.796. The van der Waals surface area contributed by atoms with E-state index in [4.69, 9.17) is 12.2 Å². The number of terminal acetylenes is 1. The van der Waals surface area contributed by atoms with Gasteiger partial charge in [-0.25, -0.2) is 4.98 Å². The lowest BCUT2D eigenvalue weighted by Crippen LogP contribution is -2.53. The number of carbonyl (C=O) groups is 1. The maximum Gasteiger partial charge on any atom is 0.226 e. The van der Waals surface area contributed by atoms with Crippen LogP contribution in [0.3, 0.4) is 0 Å². The van der Waals surface area contributed by atoms with Gasteiger partial charge in [-0.2, -0.15) is 0 Å². The van der Waals surface area contributed by atoms with Crippen LogP contribution in [0.15, 0.2) is 0 Å². The molecule has 1 saturated carbocycles. The molecule has 1 fully saturated rings. The first-order valence-electron chi connectivity index (χ1n) is 9.31. The molecule has 2 aliphatic carbocycles. The zero-order valence-electron chi connectivity index (χ0n) is 16.0. The molecule has 3 N–H and O–H groups in total. The molecule has 1 aromatic heterocycles. The molecule has 6 heteroatoms. The van der Waals surface area contributed by atoms with Crippen molar-refractivity contribution in [3.8, 4) is 12.3 Å². The Morgan fingerprint density at radius 2 is 2.31 bits per heavy atom. The Balaban J connectivity index is 1.86. The Kier molecular flexibility index (Phi) is 5.06. The Labute approximate surface area is 160 Å². The second-order valence-corrected chi connectivity index (χ2v) is 9.50. The van der Waals surface area contributed by atoms with Gasteiger partial charge in [0.15, 0.2) is 5.13 Å². The van der Waals surface area contributed by atoms with Gasteiger partial charge in [0.1, 0.15) is 0 Å². The Morgan fingerprint density at radius 1 is 1.62 bits per heavy atom. The molecule has 3 rings (SSSR count). The number of nitrogens with two attached hydrogens (primary N) is 1. The Bertz CT molecular complexity index is 740. The average molecular weight is 376 g/mol. The van der Waals surface area contributed by atoms with Crippen LogP contribution in [0.1, 0.15) is 50.1 Å². The fourth-order valence-corrected chi connectivity index (χ4v) is 6.45. The summed E-state index contributed by atoms with van der Waals surface area (Å²) in [4.78, 5) is 20.1. The van der Waals surface area contributed by atoms with Crippen molar-refractivity contribution in [2.75, 3.05) is 19.3 Å². The van der Waals surface area contributed by atoms with Gasteiger partial charge >= 0.3 is 0 Å². The van der Waals surface area contributed by atoms with Crippen molar-refractivity contribution < 1.29 is 9.90 Å². The summed E-state index contributed by atoms with van der Waals surface area (Å²) in [5.41, 5.74) is 7.01. The summed E-state index contributed by atoms with van der Waals surface area (Å²) in [7, 11) is 1.73. The molecule has 0 aromatic carbocycles. The maximum absolute atomic E-state index is 12.7. The van der Waals surface area contributed by atoms with Crippen LogP contribution in [0.25, 0.3) is 0 Å². The number of anilines is 1. The van der Waals surface area contributed by atoms with Gasteiger partial charge in [0.2, 0.25) is 5.91 Å². The minimum absolute atomic E-state index is 0.0117. The van der Waals surface area contributed by atoms with E-state index in [1.165, 1.54) is 4.88 Å². The summed E-state index contributed by atoms with van der Waals surface area (Å²) < 4.78 is 0. The lowest BCUT2D eigenvalue weighted by Gasteiger charge is -2.53. The summed E-state index contributed by atoms with van der Waals surface area (Å²) in [6.45, 7) is 6.63. The number of aliphatic hydroxyl groups is 1. The highest BCUT2D eigenvalue weighted by atomic mass is 32.1. The monoisotopic (exact) mass is 375 g/mol. The number of amides is 1. The number of thiazole rings is 1. The molecule has 1 amide bonds. The van der Waals surface area contributed by atoms with Crippen molar-refractivity contribution in [1.82, 2.24) is 9.88 Å². The predicted molar refractivity (Wildman–Crippen MR) is 105 cm³/mol. The molecule has 0 radical (unpaired) electrons. The van der Waals surface area contributed by atoms with Crippen LogP contribution < -0.4 is 5.73 Å². The Morgan fingerprint density at radius 3 is 2.96 bits per heavy atom. The van der Waals surface area contributed by atoms with Crippen LogP contribution in [-0.2, 0) is 11.2 Å². The molecule has 1 aromatic rings. The van der Waals surface area contributed by atoms with Crippen LogP contribution in [0.5, 0.6) is 0 Å². The van der Waals surface area contributed by atoms with E-state index in [1.54, 1.807) is 23.3 Å². The van der Waals surface area contributed by atoms with Gasteiger partial charge in [-0.1, -0.05) is 26.7 Å². The standard InChI is InChI=1S/C20H29N3O2S/c1-6-9-23(5)18(25)11(2)13-7-8-20(4)10-14-16(22-19(21)26-14)12(3)15(20)17(13)24/h1,11-13,15,17,24H,7-10H2,2-5H3,(H2,21,22)/t11-,12+,13-,15+,17-,20+/m0/s1. The summed E-state index contributed by atoms with van der Waals surface area (Å²) in [5, 5.41) is 11.9. The van der Waals surface area contributed by atoms with Crippen LogP contribution in [0, 0.1) is 35.5 Å². The van der Waals surface area contributed by atoms with Crippen LogP contribution in [0.4, 0.5) is 5.13 Å². The second-order valence-electron chi connectivity index (χ2n) is 8.39. The number of aliphatic hydroxyl groups excluding tert-OH is 1. The minimum Gasteiger partial charge on any atom is -0.392 e. The summed E-state index contributed by atoms with van der Waals surface area (Å²) in [6.07, 6.45) is 7.56. The molecule has 142 valence electrons. The van der Waals surface area contributed by atoms with Crippen LogP contribution in [-0.4, -0.2) is 40.6 Å². The van der Waals surface area contributed by atoms with Crippen LogP contribution >= 0.6 is 11.3 Å². The van der Waals surface area contributed by atoms with Gasteiger partial charge in [0.25, 0.3) is 0 Å². The smallest absolute Gasteiger partial charge is 0.226 e. The van der Waals surface area contributed by atoms with E-state index in [2.05, 4.69) is 24.8 Å². The molecule has 0 spiro atoms. The molecule has 0 saturated heterocycles. The first-order chi connectivity index (χ1) is 12.2. The molecular formula is C20H29N3O2S. The Hall–Kier alpha value is -1.58. The molecule has 2 aliphatic rings. The molecule has 6 atom stereocenters. The van der Waals surface area contributed by atoms with Gasteiger partial charge in [0.05, 0.1) is 18.3 Å². The fourth-order valence-electron chi connectivity index (χ4n) is 5.31. The number of hydrogen-bond acceptors (Lipinski definition) is 5. The fraction of sp³-hybridized carbons (Fsp3) is 0.700. The van der Waals surface area contributed by atoms with E-state index in [9.17, 15) is 9.90 Å². The topological polar surface area (TPSA) is 79.5 Å². The number of nitrogens with zero attached hydrogens (tertiary/aromatic N) is 2. The largest absolute Gasteiger partial charge is 0.392 e. The zero-order valence-corrected chi connectivity index (χ0v) is 16.8. The number of nitrogen functional groups attached to an aromatic ring is 1. The van der Waals surface area contributed by atoms with Crippen LogP contribution in [0.2, 0.25) is 0 Å². The number of aromatic nitrogens is 1. The first kappa shape index (κ1) is 19.2. The highest BCUT2D eigenvalue weighted by Crippen LogP contribution is 2.57. The SMILES string of the molecule is C#CCN(C)C(=O)[C@@H](C)[C@@H]1CC[C@]2(C)Cc3sc(N)nc3[C@H](C)[C@@H]2[C@H]1O. The van der Waals surface area contributed by atoms with E-state index < -0.39 is 6.10 Å². The number of fused-ring (bicyclic) bond motifs is 2. The highest BCUT2D eigenvalue weighted by molar-refractivity contribution is 7.15. The van der Waals surface area contributed by atoms with Gasteiger partial charge < -0.3 is 15.7 Å². The van der Waals surface area contributed by atoms with Gasteiger partial charge in [0, 0.05) is 23.8 Å². The highest BCUT2D eigenvalue weighted by Gasteiger charge is 2.53. The van der Waals surface area contributed by atoms with E-state index in [0.29, 0.717) is 11.7 Å². The summed E-state index contributed by atoms with van der Waals surface area (Å²) >= 11 is 1.58. The lowest BCUT2D eigenvalue weighted by atomic mass is 9.53. The molecule has 0 unspecified atom stereocenters. The first-order valence-corrected chi connectivity index (χ1v) is 10.1. The van der Waals surface area contributed by atoms with Crippen molar-refractivity contribution in [2.24, 2.45) is 23.2 Å². The second kappa shape index (κ2) is 6.86. The van der Waals surface area contributed by atoms with Gasteiger partial charge in [-0.15, -0.1) is 17.8 Å². The van der Waals surface area contributed by atoms with E-state index in [-0.39, 0.29) is 35.0 Å². The van der Waals surface area contributed by atoms with Gasteiger partial charge in [-0.05, 0) is 36.5 Å². The maximum atomic E-state index is 12.7. The molecule has 0 aliphatic heterocycles. The molecule has 5 nitrogen and oxygen atoms in total. The summed E-state index contributed by atoms with van der Waals surface area (Å²) in [6, 6.07) is 0. The van der Waals surface area contributed by atoms with E-state index >= 15 is 0 Å². The van der Waals surface area contributed by atoms with Crippen molar-refractivity contribution in [1.29, 1.82) is 0 Å². The molecule has 26 heavy (non-hydrogen) atoms. The normalized spacial score (nSPS) is 34.3. The molecule has 1 heterocycles. The van der Waals surface area contributed by atoms with E-state index in [0.717, 1.165) is 25.0 Å². The number of rotatable bonds is 3. The molecular weight excluding hydrogens is 346 g/mol. The third-order valence-corrected chi connectivity index (χ3v) is 7.58.